The fourth-order valence-electron chi connectivity index (χ4n) is 1.30. The van der Waals surface area contributed by atoms with E-state index in [0.29, 0.717) is 5.75 Å². The summed E-state index contributed by atoms with van der Waals surface area (Å²) in [5, 5.41) is 0. The van der Waals surface area contributed by atoms with E-state index in [2.05, 4.69) is 15.9 Å². The van der Waals surface area contributed by atoms with Gasteiger partial charge in [-0.15, -0.1) is 0 Å². The topological polar surface area (TPSA) is 78.3 Å². The van der Waals surface area contributed by atoms with Crippen molar-refractivity contribution >= 4 is 21.8 Å². The summed E-state index contributed by atoms with van der Waals surface area (Å²) < 4.78 is 6.52. The molecule has 1 unspecified atom stereocenters. The second-order valence-electron chi connectivity index (χ2n) is 4.09. The largest absolute Gasteiger partial charge is 0.492 e. The van der Waals surface area contributed by atoms with Gasteiger partial charge in [-0.3, -0.25) is 4.79 Å². The van der Waals surface area contributed by atoms with E-state index in [4.69, 9.17) is 16.2 Å². The maximum atomic E-state index is 10.9. The summed E-state index contributed by atoms with van der Waals surface area (Å²) in [6.07, 6.45) is 0. The molecule has 1 rings (SSSR count). The summed E-state index contributed by atoms with van der Waals surface area (Å²) in [6.45, 7) is 3.87. The Hall–Kier alpha value is -1.07. The van der Waals surface area contributed by atoms with Crippen molar-refractivity contribution in [3.8, 4) is 5.75 Å². The molecular formula is C12H17BrN2O2. The van der Waals surface area contributed by atoms with Crippen LogP contribution in [0.15, 0.2) is 22.7 Å². The van der Waals surface area contributed by atoms with Crippen molar-refractivity contribution in [1.29, 1.82) is 0 Å². The first-order chi connectivity index (χ1) is 7.91. The Morgan fingerprint density at radius 2 is 2.12 bits per heavy atom. The number of nitrogens with two attached hydrogens (primary N) is 2. The highest BCUT2D eigenvalue weighted by Gasteiger charge is 2.13. The lowest BCUT2D eigenvalue weighted by molar-refractivity contribution is -0.122. The van der Waals surface area contributed by atoms with E-state index >= 15 is 0 Å². The maximum Gasteiger partial charge on any atom is 0.223 e. The highest BCUT2D eigenvalue weighted by Crippen LogP contribution is 2.27. The number of amides is 1. The average molecular weight is 301 g/mol. The lowest BCUT2D eigenvalue weighted by atomic mass is 10.1. The summed E-state index contributed by atoms with van der Waals surface area (Å²) in [4.78, 5) is 10.9. The number of benzene rings is 1. The van der Waals surface area contributed by atoms with E-state index in [1.807, 2.05) is 25.1 Å². The standard InChI is InChI=1S/C12H17BrN2O2/c1-7(12(15)16)6-17-11-4-3-9(13)5-10(11)8(2)14/h3-5,7-8H,6,14H2,1-2H3,(H2,15,16)/t7?,8-/m1/s1. The number of hydrogen-bond donors (Lipinski definition) is 2. The molecule has 1 aromatic carbocycles. The molecule has 0 aliphatic heterocycles. The number of hydrogen-bond acceptors (Lipinski definition) is 3. The number of carbonyl (C=O) groups excluding carboxylic acids is 1. The smallest absolute Gasteiger partial charge is 0.223 e. The summed E-state index contributed by atoms with van der Waals surface area (Å²) >= 11 is 3.38. The van der Waals surface area contributed by atoms with Gasteiger partial charge in [0.2, 0.25) is 5.91 Å². The Labute approximate surface area is 109 Å². The van der Waals surface area contributed by atoms with E-state index < -0.39 is 0 Å². The van der Waals surface area contributed by atoms with Gasteiger partial charge < -0.3 is 16.2 Å². The van der Waals surface area contributed by atoms with E-state index in [0.717, 1.165) is 10.0 Å². The molecule has 0 bridgehead atoms. The quantitative estimate of drug-likeness (QED) is 0.872. The maximum absolute atomic E-state index is 10.9. The predicted octanol–water partition coefficient (Wildman–Crippen LogP) is 1.97. The van der Waals surface area contributed by atoms with E-state index in [1.54, 1.807) is 6.92 Å². The Balaban J connectivity index is 2.80. The monoisotopic (exact) mass is 300 g/mol. The number of ether oxygens (including phenoxy) is 1. The zero-order valence-corrected chi connectivity index (χ0v) is 11.5. The van der Waals surface area contributed by atoms with Crippen molar-refractivity contribution in [2.45, 2.75) is 19.9 Å². The molecule has 2 atom stereocenters. The Bertz CT molecular complexity index is 407. The SMILES string of the molecule is CC(COc1ccc(Br)cc1[C@@H](C)N)C(N)=O. The summed E-state index contributed by atoms with van der Waals surface area (Å²) in [6, 6.07) is 5.48. The van der Waals surface area contributed by atoms with Crippen LogP contribution in [-0.2, 0) is 4.79 Å². The Morgan fingerprint density at radius 1 is 1.47 bits per heavy atom. The number of primary amides is 1. The molecule has 4 N–H and O–H groups in total. The van der Waals surface area contributed by atoms with Crippen LogP contribution in [-0.4, -0.2) is 12.5 Å². The van der Waals surface area contributed by atoms with Crippen molar-refractivity contribution < 1.29 is 9.53 Å². The molecule has 0 saturated carbocycles. The fourth-order valence-corrected chi connectivity index (χ4v) is 1.68. The van der Waals surface area contributed by atoms with Gasteiger partial charge in [-0.05, 0) is 25.1 Å². The Morgan fingerprint density at radius 3 is 2.65 bits per heavy atom. The van der Waals surface area contributed by atoms with Gasteiger partial charge in [-0.1, -0.05) is 22.9 Å². The number of rotatable bonds is 5. The summed E-state index contributed by atoms with van der Waals surface area (Å²) in [7, 11) is 0. The molecule has 1 aromatic rings. The lowest BCUT2D eigenvalue weighted by Crippen LogP contribution is -2.26. The summed E-state index contributed by atoms with van der Waals surface area (Å²) in [5.74, 6) is 0.000311. The first-order valence-electron chi connectivity index (χ1n) is 5.39. The van der Waals surface area contributed by atoms with Crippen molar-refractivity contribution in [2.24, 2.45) is 17.4 Å². The molecule has 0 spiro atoms. The minimum absolute atomic E-state index is 0.133. The second kappa shape index (κ2) is 6.02. The predicted molar refractivity (Wildman–Crippen MR) is 70.6 cm³/mol. The van der Waals surface area contributed by atoms with Crippen LogP contribution in [0, 0.1) is 5.92 Å². The fraction of sp³-hybridized carbons (Fsp3) is 0.417. The molecule has 94 valence electrons. The van der Waals surface area contributed by atoms with Crippen LogP contribution in [0.4, 0.5) is 0 Å². The molecule has 5 heteroatoms. The lowest BCUT2D eigenvalue weighted by Gasteiger charge is -2.16. The third-order valence-corrected chi connectivity index (χ3v) is 2.93. The van der Waals surface area contributed by atoms with Gasteiger partial charge in [0.15, 0.2) is 0 Å². The Kier molecular flexibility index (Phi) is 4.96. The summed E-state index contributed by atoms with van der Waals surface area (Å²) in [5.41, 5.74) is 11.9. The van der Waals surface area contributed by atoms with Crippen LogP contribution >= 0.6 is 15.9 Å². The van der Waals surface area contributed by atoms with Gasteiger partial charge in [0, 0.05) is 16.1 Å². The first kappa shape index (κ1) is 14.0. The second-order valence-corrected chi connectivity index (χ2v) is 5.00. The van der Waals surface area contributed by atoms with Crippen molar-refractivity contribution in [1.82, 2.24) is 0 Å². The van der Waals surface area contributed by atoms with Crippen LogP contribution in [0.2, 0.25) is 0 Å². The van der Waals surface area contributed by atoms with Crippen molar-refractivity contribution in [3.63, 3.8) is 0 Å². The first-order valence-corrected chi connectivity index (χ1v) is 6.18. The van der Waals surface area contributed by atoms with Gasteiger partial charge in [0.05, 0.1) is 12.5 Å². The van der Waals surface area contributed by atoms with Gasteiger partial charge in [0.1, 0.15) is 5.75 Å². The average Bonchev–Trinajstić information content (AvgIpc) is 2.26. The third kappa shape index (κ3) is 4.02. The van der Waals surface area contributed by atoms with E-state index in [9.17, 15) is 4.79 Å². The van der Waals surface area contributed by atoms with Gasteiger partial charge in [-0.25, -0.2) is 0 Å². The van der Waals surface area contributed by atoms with Crippen LogP contribution < -0.4 is 16.2 Å². The normalized spacial score (nSPS) is 14.1. The molecule has 0 heterocycles. The molecule has 0 radical (unpaired) electrons. The van der Waals surface area contributed by atoms with Crippen LogP contribution in [0.3, 0.4) is 0 Å². The highest BCUT2D eigenvalue weighted by atomic mass is 79.9. The molecule has 0 saturated heterocycles. The number of halogens is 1. The molecule has 4 nitrogen and oxygen atoms in total. The third-order valence-electron chi connectivity index (χ3n) is 2.44. The zero-order chi connectivity index (χ0) is 13.0. The van der Waals surface area contributed by atoms with Crippen molar-refractivity contribution in [2.75, 3.05) is 6.61 Å². The van der Waals surface area contributed by atoms with Gasteiger partial charge >= 0.3 is 0 Å². The molecular weight excluding hydrogens is 284 g/mol. The van der Waals surface area contributed by atoms with E-state index in [1.165, 1.54) is 0 Å². The molecule has 17 heavy (non-hydrogen) atoms. The minimum Gasteiger partial charge on any atom is -0.492 e. The molecule has 0 aromatic heterocycles. The number of carbonyl (C=O) groups is 1. The van der Waals surface area contributed by atoms with Crippen molar-refractivity contribution in [3.05, 3.63) is 28.2 Å². The van der Waals surface area contributed by atoms with Crippen LogP contribution in [0.1, 0.15) is 25.5 Å². The minimum atomic E-state index is -0.371. The molecule has 1 amide bonds. The molecule has 0 aliphatic carbocycles. The van der Waals surface area contributed by atoms with Crippen LogP contribution in [0.25, 0.3) is 0 Å². The molecule has 0 aliphatic rings. The van der Waals surface area contributed by atoms with E-state index in [-0.39, 0.29) is 24.5 Å². The zero-order valence-electron chi connectivity index (χ0n) is 9.94. The van der Waals surface area contributed by atoms with Crippen LogP contribution in [0.5, 0.6) is 5.75 Å². The van der Waals surface area contributed by atoms with Gasteiger partial charge in [-0.2, -0.15) is 0 Å². The highest BCUT2D eigenvalue weighted by molar-refractivity contribution is 9.10. The molecule has 0 fully saturated rings. The van der Waals surface area contributed by atoms with Gasteiger partial charge in [0.25, 0.3) is 0 Å².